The van der Waals surface area contributed by atoms with Crippen LogP contribution in [0.15, 0.2) is 42.5 Å². The summed E-state index contributed by atoms with van der Waals surface area (Å²) in [4.78, 5) is 16.8. The van der Waals surface area contributed by atoms with Crippen molar-refractivity contribution in [3.8, 4) is 11.5 Å². The third-order valence-corrected chi connectivity index (χ3v) is 6.04. The van der Waals surface area contributed by atoms with E-state index in [1.807, 2.05) is 18.2 Å². The summed E-state index contributed by atoms with van der Waals surface area (Å²) >= 11 is 0. The molecule has 2 heterocycles. The number of amides is 1. The van der Waals surface area contributed by atoms with Gasteiger partial charge in [0.15, 0.2) is 17.5 Å². The molecule has 1 fully saturated rings. The maximum atomic E-state index is 13.4. The minimum Gasteiger partial charge on any atom is -0.493 e. The highest BCUT2D eigenvalue weighted by Gasteiger charge is 2.37. The third-order valence-electron chi connectivity index (χ3n) is 6.04. The molecule has 2 aliphatic rings. The lowest BCUT2D eigenvalue weighted by atomic mass is 9.95. The van der Waals surface area contributed by atoms with Gasteiger partial charge >= 0.3 is 0 Å². The summed E-state index contributed by atoms with van der Waals surface area (Å²) in [5.74, 6) is 1.80. The van der Waals surface area contributed by atoms with Crippen LogP contribution >= 0.6 is 0 Å². The van der Waals surface area contributed by atoms with Crippen LogP contribution in [0.3, 0.4) is 0 Å². The highest BCUT2D eigenvalue weighted by molar-refractivity contribution is 5.82. The van der Waals surface area contributed by atoms with E-state index in [-0.39, 0.29) is 11.9 Å². The van der Waals surface area contributed by atoms with E-state index in [2.05, 4.69) is 29.2 Å². The van der Waals surface area contributed by atoms with Gasteiger partial charge in [-0.2, -0.15) is 0 Å². The van der Waals surface area contributed by atoms with Crippen LogP contribution in [-0.2, 0) is 17.8 Å². The van der Waals surface area contributed by atoms with Crippen LogP contribution in [-0.4, -0.2) is 44.7 Å². The van der Waals surface area contributed by atoms with Crippen molar-refractivity contribution in [1.82, 2.24) is 4.90 Å². The molecule has 2 aromatic carbocycles. The average Bonchev–Trinajstić information content (AvgIpc) is 3.28. The summed E-state index contributed by atoms with van der Waals surface area (Å²) in [6, 6.07) is 14.3. The van der Waals surface area contributed by atoms with Gasteiger partial charge in [0.1, 0.15) is 6.54 Å². The van der Waals surface area contributed by atoms with E-state index in [0.29, 0.717) is 0 Å². The largest absolute Gasteiger partial charge is 0.493 e. The smallest absolute Gasteiger partial charge is 0.285 e. The number of hydrogen-bond donors (Lipinski definition) is 1. The van der Waals surface area contributed by atoms with Gasteiger partial charge in [0.05, 0.1) is 20.8 Å². The molecular formula is C23H29N2O3+. The number of benzene rings is 2. The Kier molecular flexibility index (Phi) is 5.53. The molecule has 1 amide bonds. The third kappa shape index (κ3) is 3.59. The number of nitrogens with one attached hydrogen (secondary N) is 1. The van der Waals surface area contributed by atoms with Crippen LogP contribution in [0, 0.1) is 0 Å². The monoisotopic (exact) mass is 381 g/mol. The number of ether oxygens (including phenoxy) is 2. The first-order valence-electron chi connectivity index (χ1n) is 10.1. The molecule has 1 saturated heterocycles. The Bertz CT molecular complexity index is 831. The van der Waals surface area contributed by atoms with E-state index < -0.39 is 0 Å². The van der Waals surface area contributed by atoms with Crippen molar-refractivity contribution in [2.75, 3.05) is 33.9 Å². The lowest BCUT2D eigenvalue weighted by Gasteiger charge is -2.34. The summed E-state index contributed by atoms with van der Waals surface area (Å²) in [5.41, 5.74) is 3.65. The normalized spacial score (nSPS) is 19.8. The van der Waals surface area contributed by atoms with Crippen LogP contribution < -0.4 is 14.4 Å². The standard InChI is InChI=1S/C23H28N2O3/c1-27-20-14-18-10-13-25(16-19(18)15-21(20)28-2)22(17-8-4-3-5-9-17)23(26)24-11-6-7-12-24/h3-5,8-9,14-15,22H,6-7,10-13,16H2,1-2H3/p+1/t22-/m1/s1. The zero-order valence-electron chi connectivity index (χ0n) is 16.7. The highest BCUT2D eigenvalue weighted by atomic mass is 16.5. The molecule has 0 saturated carbocycles. The fourth-order valence-electron chi connectivity index (χ4n) is 4.55. The Labute approximate surface area is 166 Å². The lowest BCUT2D eigenvalue weighted by Crippen LogP contribution is -3.13. The van der Waals surface area contributed by atoms with Gasteiger partial charge < -0.3 is 19.3 Å². The van der Waals surface area contributed by atoms with Crippen molar-refractivity contribution in [1.29, 1.82) is 0 Å². The molecule has 148 valence electrons. The zero-order valence-corrected chi connectivity index (χ0v) is 16.7. The number of carbonyl (C=O) groups is 1. The first-order chi connectivity index (χ1) is 13.7. The first kappa shape index (κ1) is 18.8. The van der Waals surface area contributed by atoms with Gasteiger partial charge in [0.25, 0.3) is 5.91 Å². The zero-order chi connectivity index (χ0) is 19.5. The van der Waals surface area contributed by atoms with Crippen LogP contribution in [0.2, 0.25) is 0 Å². The van der Waals surface area contributed by atoms with Gasteiger partial charge in [0, 0.05) is 30.6 Å². The van der Waals surface area contributed by atoms with Gasteiger partial charge in [0.2, 0.25) is 0 Å². The van der Waals surface area contributed by atoms with Gasteiger partial charge in [-0.05, 0) is 30.5 Å². The number of methoxy groups -OCH3 is 2. The van der Waals surface area contributed by atoms with E-state index >= 15 is 0 Å². The molecule has 2 atom stereocenters. The minimum absolute atomic E-state index is 0.152. The van der Waals surface area contributed by atoms with Crippen molar-refractivity contribution in [2.45, 2.75) is 31.8 Å². The average molecular weight is 381 g/mol. The van der Waals surface area contributed by atoms with E-state index in [9.17, 15) is 4.79 Å². The van der Waals surface area contributed by atoms with Crippen molar-refractivity contribution in [3.05, 3.63) is 59.2 Å². The Morgan fingerprint density at radius 1 is 1.00 bits per heavy atom. The molecule has 28 heavy (non-hydrogen) atoms. The molecule has 2 aliphatic heterocycles. The summed E-state index contributed by atoms with van der Waals surface area (Å²) in [5, 5.41) is 0. The van der Waals surface area contributed by atoms with Gasteiger partial charge in [-0.3, -0.25) is 4.79 Å². The quantitative estimate of drug-likeness (QED) is 0.862. The maximum Gasteiger partial charge on any atom is 0.285 e. The molecule has 1 unspecified atom stereocenters. The van der Waals surface area contributed by atoms with Crippen molar-refractivity contribution < 1.29 is 19.2 Å². The Hall–Kier alpha value is -2.53. The van der Waals surface area contributed by atoms with Crippen LogP contribution in [0.1, 0.15) is 35.6 Å². The van der Waals surface area contributed by atoms with Crippen molar-refractivity contribution in [3.63, 3.8) is 0 Å². The maximum absolute atomic E-state index is 13.4. The van der Waals surface area contributed by atoms with Gasteiger partial charge in [-0.25, -0.2) is 0 Å². The van der Waals surface area contributed by atoms with E-state index in [0.717, 1.165) is 62.5 Å². The second kappa shape index (κ2) is 8.23. The molecule has 1 N–H and O–H groups in total. The lowest BCUT2D eigenvalue weighted by molar-refractivity contribution is -0.937. The number of carbonyl (C=O) groups excluding carboxylic acids is 1. The molecule has 0 radical (unpaired) electrons. The van der Waals surface area contributed by atoms with Crippen LogP contribution in [0.5, 0.6) is 11.5 Å². The summed E-state index contributed by atoms with van der Waals surface area (Å²) in [7, 11) is 3.34. The second-order valence-corrected chi connectivity index (χ2v) is 7.69. The molecule has 4 rings (SSSR count). The predicted molar refractivity (Wildman–Crippen MR) is 108 cm³/mol. The minimum atomic E-state index is -0.152. The van der Waals surface area contributed by atoms with Crippen LogP contribution in [0.4, 0.5) is 0 Å². The summed E-state index contributed by atoms with van der Waals surface area (Å²) < 4.78 is 11.0. The molecule has 0 spiro atoms. The molecule has 0 aliphatic carbocycles. The number of hydrogen-bond acceptors (Lipinski definition) is 3. The first-order valence-corrected chi connectivity index (χ1v) is 10.1. The Morgan fingerprint density at radius 3 is 2.29 bits per heavy atom. The fraction of sp³-hybridized carbons (Fsp3) is 0.435. The molecule has 5 heteroatoms. The number of quaternary nitrogens is 1. The Morgan fingerprint density at radius 2 is 1.64 bits per heavy atom. The number of fused-ring (bicyclic) bond motifs is 1. The van der Waals surface area contributed by atoms with Crippen molar-refractivity contribution in [2.24, 2.45) is 0 Å². The van der Waals surface area contributed by atoms with E-state index in [4.69, 9.17) is 9.47 Å². The summed E-state index contributed by atoms with van der Waals surface area (Å²) in [6.45, 7) is 3.52. The second-order valence-electron chi connectivity index (χ2n) is 7.69. The highest BCUT2D eigenvalue weighted by Crippen LogP contribution is 2.31. The Balaban J connectivity index is 1.65. The SMILES string of the molecule is COc1cc2c(cc1OC)C[NH+]([C@@H](C(=O)N1CCCC1)c1ccccc1)CC2. The number of likely N-dealkylation sites (tertiary alicyclic amines) is 1. The number of rotatable bonds is 5. The number of nitrogens with zero attached hydrogens (tertiary/aromatic N) is 1. The van der Waals surface area contributed by atoms with Gasteiger partial charge in [-0.1, -0.05) is 30.3 Å². The molecule has 0 aromatic heterocycles. The molecular weight excluding hydrogens is 352 g/mol. The topological polar surface area (TPSA) is 43.2 Å². The molecule has 5 nitrogen and oxygen atoms in total. The molecule has 0 bridgehead atoms. The molecule has 2 aromatic rings. The predicted octanol–water partition coefficient (Wildman–Crippen LogP) is 2.01. The van der Waals surface area contributed by atoms with E-state index in [1.54, 1.807) is 14.2 Å². The van der Waals surface area contributed by atoms with Crippen molar-refractivity contribution >= 4 is 5.91 Å². The van der Waals surface area contributed by atoms with Crippen LogP contribution in [0.25, 0.3) is 0 Å². The van der Waals surface area contributed by atoms with E-state index in [1.165, 1.54) is 16.0 Å². The van der Waals surface area contributed by atoms with Gasteiger partial charge in [-0.15, -0.1) is 0 Å². The summed E-state index contributed by atoms with van der Waals surface area (Å²) in [6.07, 6.45) is 3.16. The fourth-order valence-corrected chi connectivity index (χ4v) is 4.55.